The van der Waals surface area contributed by atoms with E-state index in [1.54, 1.807) is 0 Å². The Morgan fingerprint density at radius 1 is 1.40 bits per heavy atom. The molecular formula is C11H9FO3. The number of esters is 1. The number of halogens is 1. The van der Waals surface area contributed by atoms with Crippen molar-refractivity contribution in [3.63, 3.8) is 0 Å². The highest BCUT2D eigenvalue weighted by molar-refractivity contribution is 6.01. The lowest BCUT2D eigenvalue weighted by atomic mass is 10.1. The number of rotatable bonds is 1. The topological polar surface area (TPSA) is 43.4 Å². The highest BCUT2D eigenvalue weighted by Crippen LogP contribution is 2.25. The van der Waals surface area contributed by atoms with E-state index in [9.17, 15) is 14.0 Å². The van der Waals surface area contributed by atoms with E-state index in [0.717, 1.165) is 11.6 Å². The maximum atomic E-state index is 13.4. The van der Waals surface area contributed by atoms with Gasteiger partial charge in [0.05, 0.1) is 12.7 Å². The lowest BCUT2D eigenvalue weighted by Crippen LogP contribution is -2.06. The zero-order valence-corrected chi connectivity index (χ0v) is 8.17. The molecule has 1 aromatic carbocycles. The van der Waals surface area contributed by atoms with Gasteiger partial charge in [-0.05, 0) is 24.1 Å². The Morgan fingerprint density at radius 2 is 2.13 bits per heavy atom. The molecule has 0 aromatic heterocycles. The molecule has 3 nitrogen and oxygen atoms in total. The van der Waals surface area contributed by atoms with Crippen LogP contribution in [0, 0.1) is 5.82 Å². The SMILES string of the molecule is COC(=O)c1cc2c(cc1F)C(=O)CC2. The van der Waals surface area contributed by atoms with Gasteiger partial charge in [0.1, 0.15) is 5.82 Å². The van der Waals surface area contributed by atoms with Gasteiger partial charge in [-0.25, -0.2) is 9.18 Å². The van der Waals surface area contributed by atoms with Gasteiger partial charge in [-0.3, -0.25) is 4.79 Å². The van der Waals surface area contributed by atoms with Crippen LogP contribution < -0.4 is 0 Å². The molecule has 78 valence electrons. The van der Waals surface area contributed by atoms with E-state index in [4.69, 9.17) is 0 Å². The summed E-state index contributed by atoms with van der Waals surface area (Å²) in [5.74, 6) is -1.48. The standard InChI is InChI=1S/C11H9FO3/c1-15-11(14)8-4-6-2-3-10(13)7(6)5-9(8)12/h4-5H,2-3H2,1H3. The number of ether oxygens (including phenoxy) is 1. The van der Waals surface area contributed by atoms with Crippen molar-refractivity contribution in [3.05, 3.63) is 34.6 Å². The molecule has 15 heavy (non-hydrogen) atoms. The lowest BCUT2D eigenvalue weighted by Gasteiger charge is -2.04. The molecule has 0 saturated carbocycles. The average Bonchev–Trinajstić information content (AvgIpc) is 2.58. The summed E-state index contributed by atoms with van der Waals surface area (Å²) in [4.78, 5) is 22.5. The molecule has 0 aliphatic heterocycles. The molecule has 0 bridgehead atoms. The minimum atomic E-state index is -0.713. The zero-order chi connectivity index (χ0) is 11.0. The van der Waals surface area contributed by atoms with E-state index in [2.05, 4.69) is 4.74 Å². The number of methoxy groups -OCH3 is 1. The highest BCUT2D eigenvalue weighted by Gasteiger charge is 2.24. The fourth-order valence-electron chi connectivity index (χ4n) is 1.73. The van der Waals surface area contributed by atoms with Gasteiger partial charge in [0, 0.05) is 12.0 Å². The zero-order valence-electron chi connectivity index (χ0n) is 8.17. The molecule has 1 aromatic rings. The Bertz CT molecular complexity index is 451. The lowest BCUT2D eigenvalue weighted by molar-refractivity contribution is 0.0595. The third-order valence-corrected chi connectivity index (χ3v) is 2.52. The van der Waals surface area contributed by atoms with Crippen LogP contribution in [0.4, 0.5) is 4.39 Å². The molecule has 1 aliphatic rings. The third kappa shape index (κ3) is 1.52. The molecule has 0 amide bonds. The number of ketones is 1. The van der Waals surface area contributed by atoms with Gasteiger partial charge in [0.2, 0.25) is 0 Å². The highest BCUT2D eigenvalue weighted by atomic mass is 19.1. The summed E-state index contributed by atoms with van der Waals surface area (Å²) in [6, 6.07) is 2.53. The molecule has 0 N–H and O–H groups in total. The third-order valence-electron chi connectivity index (χ3n) is 2.52. The monoisotopic (exact) mass is 208 g/mol. The summed E-state index contributed by atoms with van der Waals surface area (Å²) < 4.78 is 17.8. The van der Waals surface area contributed by atoms with Crippen molar-refractivity contribution in [2.45, 2.75) is 12.8 Å². The molecule has 0 saturated heterocycles. The number of benzene rings is 1. The summed E-state index contributed by atoms with van der Waals surface area (Å²) in [6.07, 6.45) is 0.956. The molecule has 0 atom stereocenters. The first-order valence-electron chi connectivity index (χ1n) is 4.57. The Balaban J connectivity index is 2.53. The summed E-state index contributed by atoms with van der Waals surface area (Å²) in [7, 11) is 1.19. The molecule has 2 rings (SSSR count). The van der Waals surface area contributed by atoms with Crippen LogP contribution in [0.25, 0.3) is 0 Å². The maximum absolute atomic E-state index is 13.4. The van der Waals surface area contributed by atoms with Gasteiger partial charge in [-0.2, -0.15) is 0 Å². The summed E-state index contributed by atoms with van der Waals surface area (Å²) >= 11 is 0. The second kappa shape index (κ2) is 3.46. The van der Waals surface area contributed by atoms with Crippen molar-refractivity contribution >= 4 is 11.8 Å². The minimum absolute atomic E-state index is 0.0692. The predicted molar refractivity (Wildman–Crippen MR) is 50.4 cm³/mol. The normalized spacial score (nSPS) is 13.9. The van der Waals surface area contributed by atoms with Crippen LogP contribution in [0.3, 0.4) is 0 Å². The smallest absolute Gasteiger partial charge is 0.340 e. The van der Waals surface area contributed by atoms with Gasteiger partial charge >= 0.3 is 5.97 Å². The maximum Gasteiger partial charge on any atom is 0.340 e. The van der Waals surface area contributed by atoms with Gasteiger partial charge in [-0.1, -0.05) is 0 Å². The molecule has 1 aliphatic carbocycles. The summed E-state index contributed by atoms with van der Waals surface area (Å²) in [5.41, 5.74) is 1.01. The first-order valence-corrected chi connectivity index (χ1v) is 4.57. The van der Waals surface area contributed by atoms with Crippen LogP contribution in [0.2, 0.25) is 0 Å². The van der Waals surface area contributed by atoms with Crippen LogP contribution in [0.5, 0.6) is 0 Å². The summed E-state index contributed by atoms with van der Waals surface area (Å²) in [6.45, 7) is 0. The predicted octanol–water partition coefficient (Wildman–Crippen LogP) is 1.74. The van der Waals surface area contributed by atoms with E-state index < -0.39 is 11.8 Å². The number of hydrogen-bond donors (Lipinski definition) is 0. The fourth-order valence-corrected chi connectivity index (χ4v) is 1.73. The van der Waals surface area contributed by atoms with Gasteiger partial charge in [0.15, 0.2) is 5.78 Å². The Labute approximate surface area is 85.9 Å². The number of Topliss-reactive ketones (excluding diaryl/α,β-unsaturated/α-hetero) is 1. The Hall–Kier alpha value is -1.71. The van der Waals surface area contributed by atoms with E-state index in [-0.39, 0.29) is 11.3 Å². The number of fused-ring (bicyclic) bond motifs is 1. The molecule has 0 radical (unpaired) electrons. The average molecular weight is 208 g/mol. The van der Waals surface area contributed by atoms with Crippen molar-refractivity contribution in [2.24, 2.45) is 0 Å². The van der Waals surface area contributed by atoms with Gasteiger partial charge < -0.3 is 4.74 Å². The first-order chi connectivity index (χ1) is 7.13. The molecule has 4 heteroatoms. The van der Waals surface area contributed by atoms with Crippen LogP contribution in [-0.4, -0.2) is 18.9 Å². The molecule has 0 heterocycles. The van der Waals surface area contributed by atoms with Crippen molar-refractivity contribution in [3.8, 4) is 0 Å². The van der Waals surface area contributed by atoms with Gasteiger partial charge in [0.25, 0.3) is 0 Å². The summed E-state index contributed by atoms with van der Waals surface area (Å²) in [5, 5.41) is 0. The largest absolute Gasteiger partial charge is 0.465 e. The van der Waals surface area contributed by atoms with Crippen molar-refractivity contribution < 1.29 is 18.7 Å². The van der Waals surface area contributed by atoms with E-state index in [1.165, 1.54) is 13.2 Å². The molecule has 0 unspecified atom stereocenters. The molecular weight excluding hydrogens is 199 g/mol. The second-order valence-electron chi connectivity index (χ2n) is 3.40. The van der Waals surface area contributed by atoms with Crippen LogP contribution in [0.15, 0.2) is 12.1 Å². The number of aryl methyl sites for hydroxylation is 1. The van der Waals surface area contributed by atoms with Crippen molar-refractivity contribution in [1.29, 1.82) is 0 Å². The van der Waals surface area contributed by atoms with E-state index in [0.29, 0.717) is 18.4 Å². The van der Waals surface area contributed by atoms with Gasteiger partial charge in [-0.15, -0.1) is 0 Å². The number of carbonyl (C=O) groups is 2. The van der Waals surface area contributed by atoms with Crippen LogP contribution in [0.1, 0.15) is 32.7 Å². The van der Waals surface area contributed by atoms with E-state index >= 15 is 0 Å². The molecule has 0 fully saturated rings. The molecule has 0 spiro atoms. The van der Waals surface area contributed by atoms with Crippen molar-refractivity contribution in [2.75, 3.05) is 7.11 Å². The van der Waals surface area contributed by atoms with Crippen LogP contribution >= 0.6 is 0 Å². The minimum Gasteiger partial charge on any atom is -0.465 e. The fraction of sp³-hybridized carbons (Fsp3) is 0.273. The van der Waals surface area contributed by atoms with Crippen molar-refractivity contribution in [1.82, 2.24) is 0 Å². The Kier molecular flexibility index (Phi) is 2.26. The quantitative estimate of drug-likeness (QED) is 0.660. The van der Waals surface area contributed by atoms with E-state index in [1.807, 2.05) is 0 Å². The second-order valence-corrected chi connectivity index (χ2v) is 3.40. The number of hydrogen-bond acceptors (Lipinski definition) is 3. The van der Waals surface area contributed by atoms with Crippen LogP contribution in [-0.2, 0) is 11.2 Å². The first kappa shape index (κ1) is 9.83. The Morgan fingerprint density at radius 3 is 2.80 bits per heavy atom. The number of carbonyl (C=O) groups excluding carboxylic acids is 2.